The van der Waals surface area contributed by atoms with Gasteiger partial charge in [0, 0.05) is 24.1 Å². The summed E-state index contributed by atoms with van der Waals surface area (Å²) in [5.74, 6) is 0.0815. The van der Waals surface area contributed by atoms with Gasteiger partial charge in [0.05, 0.1) is 31.7 Å². The van der Waals surface area contributed by atoms with E-state index < -0.39 is 0 Å². The van der Waals surface area contributed by atoms with Crippen molar-refractivity contribution in [2.75, 3.05) is 13.2 Å². The van der Waals surface area contributed by atoms with E-state index in [0.29, 0.717) is 19.0 Å². The van der Waals surface area contributed by atoms with E-state index in [2.05, 4.69) is 11.1 Å². The Bertz CT molecular complexity index is 579. The molecule has 0 amide bonds. The summed E-state index contributed by atoms with van der Waals surface area (Å²) in [6.07, 6.45) is 13.8. The molecule has 1 aliphatic heterocycles. The molecule has 2 aliphatic carbocycles. The molecule has 3 rings (SSSR count). The SMILES string of the molecule is N=C/C(=C\N=CC1=CCCC(Cl)=C1)OC1CCC2(CC1)OCCO2. The maximum atomic E-state index is 7.50. The lowest BCUT2D eigenvalue weighted by Crippen LogP contribution is -2.37. The second-order valence-corrected chi connectivity index (χ2v) is 6.70. The summed E-state index contributed by atoms with van der Waals surface area (Å²) in [7, 11) is 0. The molecule has 2 fully saturated rings. The summed E-state index contributed by atoms with van der Waals surface area (Å²) in [6.45, 7) is 1.36. The number of hydrogen-bond acceptors (Lipinski definition) is 5. The maximum Gasteiger partial charge on any atom is 0.168 e. The molecule has 0 atom stereocenters. The molecule has 24 heavy (non-hydrogen) atoms. The number of nitrogens with zero attached hydrogens (tertiary/aromatic N) is 1. The van der Waals surface area contributed by atoms with Crippen LogP contribution in [-0.2, 0) is 14.2 Å². The quantitative estimate of drug-likeness (QED) is 0.600. The zero-order valence-corrected chi connectivity index (χ0v) is 14.4. The van der Waals surface area contributed by atoms with E-state index >= 15 is 0 Å². The fourth-order valence-corrected chi connectivity index (χ4v) is 3.44. The van der Waals surface area contributed by atoms with Gasteiger partial charge in [-0.25, -0.2) is 0 Å². The van der Waals surface area contributed by atoms with Crippen LogP contribution in [0.1, 0.15) is 38.5 Å². The van der Waals surface area contributed by atoms with Gasteiger partial charge in [-0.3, -0.25) is 4.99 Å². The van der Waals surface area contributed by atoms with Crippen molar-refractivity contribution >= 4 is 24.0 Å². The van der Waals surface area contributed by atoms with Crippen molar-refractivity contribution in [1.82, 2.24) is 0 Å². The third-order valence-corrected chi connectivity index (χ3v) is 4.76. The first kappa shape index (κ1) is 17.4. The molecule has 1 saturated heterocycles. The van der Waals surface area contributed by atoms with E-state index in [1.165, 1.54) is 6.21 Å². The Hall–Kier alpha value is -1.43. The van der Waals surface area contributed by atoms with Gasteiger partial charge >= 0.3 is 0 Å². The van der Waals surface area contributed by atoms with Crippen LogP contribution in [0.2, 0.25) is 0 Å². The van der Waals surface area contributed by atoms with Crippen LogP contribution in [0.25, 0.3) is 0 Å². The molecular weight excluding hydrogens is 328 g/mol. The van der Waals surface area contributed by atoms with Crippen molar-refractivity contribution in [3.05, 3.63) is 34.7 Å². The number of allylic oxidation sites excluding steroid dienone is 5. The number of rotatable bonds is 5. The van der Waals surface area contributed by atoms with E-state index in [9.17, 15) is 0 Å². The van der Waals surface area contributed by atoms with Gasteiger partial charge in [0.25, 0.3) is 0 Å². The third-order valence-electron chi connectivity index (χ3n) is 4.46. The number of hydrogen-bond donors (Lipinski definition) is 1. The first-order chi connectivity index (χ1) is 11.7. The van der Waals surface area contributed by atoms with E-state index in [0.717, 1.165) is 49.1 Å². The Labute approximate surface area is 147 Å². The van der Waals surface area contributed by atoms with Crippen LogP contribution in [0.5, 0.6) is 0 Å². The van der Waals surface area contributed by atoms with Crippen LogP contribution in [0.15, 0.2) is 39.7 Å². The minimum atomic E-state index is -0.383. The van der Waals surface area contributed by atoms with Crippen LogP contribution in [0.4, 0.5) is 0 Å². The molecule has 130 valence electrons. The Kier molecular flexibility index (Phi) is 5.87. The molecule has 0 aromatic heterocycles. The van der Waals surface area contributed by atoms with Crippen LogP contribution >= 0.6 is 11.6 Å². The standard InChI is InChI=1S/C18H23ClN2O3/c19-15-3-1-2-14(10-15)12-21-13-17(11-20)24-16-4-6-18(7-5-16)22-8-9-23-18/h2,10-13,16,20H,1,3-9H2/b17-13+,20-11?,21-12?. The number of halogens is 1. The van der Waals surface area contributed by atoms with Crippen molar-refractivity contribution in [2.24, 2.45) is 4.99 Å². The van der Waals surface area contributed by atoms with Gasteiger partial charge in [-0.1, -0.05) is 17.7 Å². The van der Waals surface area contributed by atoms with Crippen molar-refractivity contribution in [3.63, 3.8) is 0 Å². The Morgan fingerprint density at radius 3 is 2.75 bits per heavy atom. The summed E-state index contributed by atoms with van der Waals surface area (Å²) < 4.78 is 17.3. The van der Waals surface area contributed by atoms with E-state index in [4.69, 9.17) is 31.2 Å². The van der Waals surface area contributed by atoms with E-state index in [-0.39, 0.29) is 11.9 Å². The summed E-state index contributed by atoms with van der Waals surface area (Å²) >= 11 is 6.02. The molecule has 0 bridgehead atoms. The smallest absolute Gasteiger partial charge is 0.168 e. The summed E-state index contributed by atoms with van der Waals surface area (Å²) in [4.78, 5) is 4.25. The summed E-state index contributed by atoms with van der Waals surface area (Å²) in [5.41, 5.74) is 0.988. The van der Waals surface area contributed by atoms with Gasteiger partial charge in [0.15, 0.2) is 11.5 Å². The largest absolute Gasteiger partial charge is 0.487 e. The van der Waals surface area contributed by atoms with Crippen LogP contribution in [-0.4, -0.2) is 37.5 Å². The van der Waals surface area contributed by atoms with Crippen molar-refractivity contribution in [2.45, 2.75) is 50.4 Å². The molecule has 1 spiro atoms. The number of ether oxygens (including phenoxy) is 3. The fraction of sp³-hybridized carbons (Fsp3) is 0.556. The van der Waals surface area contributed by atoms with Crippen molar-refractivity contribution < 1.29 is 14.2 Å². The third kappa shape index (κ3) is 4.56. The molecule has 1 saturated carbocycles. The molecule has 1 heterocycles. The minimum Gasteiger partial charge on any atom is -0.487 e. The number of aliphatic imine (C=N–C) groups is 1. The second-order valence-electron chi connectivity index (χ2n) is 6.21. The first-order valence-electron chi connectivity index (χ1n) is 8.44. The van der Waals surface area contributed by atoms with Gasteiger partial charge in [0.2, 0.25) is 0 Å². The van der Waals surface area contributed by atoms with Gasteiger partial charge in [0.1, 0.15) is 0 Å². The lowest BCUT2D eigenvalue weighted by atomic mass is 9.92. The lowest BCUT2D eigenvalue weighted by molar-refractivity contribution is -0.188. The molecule has 6 heteroatoms. The average molecular weight is 351 g/mol. The molecule has 0 unspecified atom stereocenters. The fourth-order valence-electron chi connectivity index (χ4n) is 3.20. The molecular formula is C18H23ClN2O3. The summed E-state index contributed by atoms with van der Waals surface area (Å²) in [5, 5.41) is 8.35. The highest BCUT2D eigenvalue weighted by atomic mass is 35.5. The van der Waals surface area contributed by atoms with Crippen molar-refractivity contribution in [1.29, 1.82) is 5.41 Å². The molecule has 5 nitrogen and oxygen atoms in total. The van der Waals surface area contributed by atoms with Gasteiger partial charge in [-0.05, 0) is 37.3 Å². The minimum absolute atomic E-state index is 0.0784. The highest BCUT2D eigenvalue weighted by Crippen LogP contribution is 2.37. The lowest BCUT2D eigenvalue weighted by Gasteiger charge is -2.35. The van der Waals surface area contributed by atoms with Gasteiger partial charge < -0.3 is 19.6 Å². The maximum absolute atomic E-state index is 7.50. The molecule has 3 aliphatic rings. The van der Waals surface area contributed by atoms with E-state index in [1.54, 1.807) is 12.4 Å². The zero-order chi connectivity index (χ0) is 16.8. The monoisotopic (exact) mass is 350 g/mol. The Morgan fingerprint density at radius 2 is 2.08 bits per heavy atom. The van der Waals surface area contributed by atoms with Gasteiger partial charge in [-0.2, -0.15) is 0 Å². The first-order valence-corrected chi connectivity index (χ1v) is 8.81. The zero-order valence-electron chi connectivity index (χ0n) is 13.7. The number of nitrogens with one attached hydrogen (secondary N) is 1. The Morgan fingerprint density at radius 1 is 1.33 bits per heavy atom. The van der Waals surface area contributed by atoms with Crippen LogP contribution in [0.3, 0.4) is 0 Å². The molecule has 1 N–H and O–H groups in total. The Balaban J connectivity index is 1.51. The van der Waals surface area contributed by atoms with Gasteiger partial charge in [-0.15, -0.1) is 0 Å². The predicted molar refractivity (Wildman–Crippen MR) is 94.6 cm³/mol. The highest BCUT2D eigenvalue weighted by molar-refractivity contribution is 6.30. The molecule has 0 aromatic rings. The van der Waals surface area contributed by atoms with E-state index in [1.807, 2.05) is 6.08 Å². The van der Waals surface area contributed by atoms with Crippen molar-refractivity contribution in [3.8, 4) is 0 Å². The second kappa shape index (κ2) is 8.10. The molecule has 0 radical (unpaired) electrons. The van der Waals surface area contributed by atoms with Crippen LogP contribution in [0, 0.1) is 5.41 Å². The van der Waals surface area contributed by atoms with Crippen LogP contribution < -0.4 is 0 Å². The highest BCUT2D eigenvalue weighted by Gasteiger charge is 2.40. The topological polar surface area (TPSA) is 63.9 Å². The normalized spacial score (nSPS) is 25.0. The predicted octanol–water partition coefficient (Wildman–Crippen LogP) is 4.09. The molecule has 0 aromatic carbocycles. The average Bonchev–Trinajstić information content (AvgIpc) is 3.04. The summed E-state index contributed by atoms with van der Waals surface area (Å²) in [6, 6.07) is 0.